The number of primary sulfonamides is 1. The Morgan fingerprint density at radius 1 is 1.16 bits per heavy atom. The molecule has 0 aliphatic heterocycles. The maximum atomic E-state index is 11.4. The second-order valence-electron chi connectivity index (χ2n) is 8.74. The molecule has 9 heteroatoms. The number of nitrogens with two attached hydrogens (primary N) is 2. The van der Waals surface area contributed by atoms with Crippen LogP contribution in [0.2, 0.25) is 0 Å². The standard InChI is InChI=1S/C23H27N5O3S/c24-23-19-3-1-2-16(19)5-7-20(23)17-8-10-26-21(13-17)31-18-6-4-15(12-18)14-28-11-9-22(27-28)32(25,29)30/h5,7-11,13,15,18H,1-4,6,12,14,24H2,(H2,25,29,30). The number of benzene rings is 1. The third-order valence-corrected chi connectivity index (χ3v) is 7.31. The predicted molar refractivity (Wildman–Crippen MR) is 121 cm³/mol. The van der Waals surface area contributed by atoms with E-state index in [1.807, 2.05) is 12.1 Å². The first-order chi connectivity index (χ1) is 15.4. The fourth-order valence-corrected chi connectivity index (χ4v) is 5.39. The molecule has 1 fully saturated rings. The Morgan fingerprint density at radius 2 is 2.03 bits per heavy atom. The minimum atomic E-state index is -3.77. The van der Waals surface area contributed by atoms with Gasteiger partial charge in [0.15, 0.2) is 5.03 Å². The molecule has 0 bridgehead atoms. The summed E-state index contributed by atoms with van der Waals surface area (Å²) in [6.45, 7) is 0.633. The van der Waals surface area contributed by atoms with Crippen LogP contribution in [-0.4, -0.2) is 29.3 Å². The van der Waals surface area contributed by atoms with E-state index in [4.69, 9.17) is 15.6 Å². The molecule has 5 rings (SSSR count). The smallest absolute Gasteiger partial charge is 0.257 e. The lowest BCUT2D eigenvalue weighted by Gasteiger charge is -2.15. The van der Waals surface area contributed by atoms with E-state index in [1.54, 1.807) is 17.1 Å². The Morgan fingerprint density at radius 3 is 2.84 bits per heavy atom. The minimum absolute atomic E-state index is 0.0633. The number of aryl methyl sites for hydroxylation is 1. The average molecular weight is 454 g/mol. The lowest BCUT2D eigenvalue weighted by atomic mass is 9.98. The molecule has 4 N–H and O–H groups in total. The zero-order valence-corrected chi connectivity index (χ0v) is 18.6. The average Bonchev–Trinajstić information content (AvgIpc) is 3.50. The summed E-state index contributed by atoms with van der Waals surface area (Å²) in [5.41, 5.74) is 12.1. The van der Waals surface area contributed by atoms with Crippen LogP contribution >= 0.6 is 0 Å². The molecule has 32 heavy (non-hydrogen) atoms. The lowest BCUT2D eigenvalue weighted by Crippen LogP contribution is -2.16. The summed E-state index contributed by atoms with van der Waals surface area (Å²) in [5, 5.41) is 9.11. The molecule has 0 radical (unpaired) electrons. The van der Waals surface area contributed by atoms with Crippen LogP contribution in [0, 0.1) is 5.92 Å². The van der Waals surface area contributed by atoms with Crippen LogP contribution in [0.5, 0.6) is 5.88 Å². The van der Waals surface area contributed by atoms with E-state index in [-0.39, 0.29) is 11.1 Å². The molecule has 2 aliphatic rings. The van der Waals surface area contributed by atoms with Gasteiger partial charge in [0, 0.05) is 36.3 Å². The van der Waals surface area contributed by atoms with Gasteiger partial charge in [-0.25, -0.2) is 18.5 Å². The van der Waals surface area contributed by atoms with Crippen molar-refractivity contribution < 1.29 is 13.2 Å². The van der Waals surface area contributed by atoms with Gasteiger partial charge < -0.3 is 10.5 Å². The monoisotopic (exact) mass is 453 g/mol. The van der Waals surface area contributed by atoms with Gasteiger partial charge in [0.2, 0.25) is 5.88 Å². The summed E-state index contributed by atoms with van der Waals surface area (Å²) in [7, 11) is -3.77. The normalized spacial score (nSPS) is 20.4. The molecule has 8 nitrogen and oxygen atoms in total. The number of anilines is 1. The fraction of sp³-hybridized carbons (Fsp3) is 0.391. The molecule has 2 unspecified atom stereocenters. The largest absolute Gasteiger partial charge is 0.474 e. The first-order valence-corrected chi connectivity index (χ1v) is 12.5. The van der Waals surface area contributed by atoms with Crippen LogP contribution in [0.25, 0.3) is 11.1 Å². The topological polar surface area (TPSA) is 126 Å². The molecule has 168 valence electrons. The van der Waals surface area contributed by atoms with Gasteiger partial charge in [0.1, 0.15) is 6.10 Å². The Balaban J connectivity index is 1.25. The van der Waals surface area contributed by atoms with E-state index in [9.17, 15) is 8.42 Å². The molecule has 2 aromatic heterocycles. The van der Waals surface area contributed by atoms with Crippen molar-refractivity contribution in [1.29, 1.82) is 0 Å². The number of nitrogen functional groups attached to an aromatic ring is 1. The van der Waals surface area contributed by atoms with E-state index in [0.717, 1.165) is 48.9 Å². The number of aromatic nitrogens is 3. The molecule has 0 amide bonds. The molecule has 2 atom stereocenters. The third-order valence-electron chi connectivity index (χ3n) is 6.51. The van der Waals surface area contributed by atoms with Gasteiger partial charge in [-0.2, -0.15) is 5.10 Å². The summed E-state index contributed by atoms with van der Waals surface area (Å²) >= 11 is 0. The SMILES string of the molecule is Nc1c(-c2ccnc(OC3CCC(Cn4ccc(S(N)(=O)=O)n4)C3)c2)ccc2c1CCC2. The number of sulfonamides is 1. The van der Waals surface area contributed by atoms with Crippen molar-refractivity contribution in [3.63, 3.8) is 0 Å². The van der Waals surface area contributed by atoms with Crippen LogP contribution in [0.15, 0.2) is 47.8 Å². The van der Waals surface area contributed by atoms with Crippen LogP contribution in [0.3, 0.4) is 0 Å². The number of hydrogen-bond donors (Lipinski definition) is 2. The van der Waals surface area contributed by atoms with E-state index in [0.29, 0.717) is 18.3 Å². The van der Waals surface area contributed by atoms with Gasteiger partial charge >= 0.3 is 0 Å². The van der Waals surface area contributed by atoms with Crippen LogP contribution in [0.4, 0.5) is 5.69 Å². The van der Waals surface area contributed by atoms with Gasteiger partial charge in [-0.3, -0.25) is 4.68 Å². The number of pyridine rings is 1. The number of ether oxygens (including phenoxy) is 1. The van der Waals surface area contributed by atoms with Crippen molar-refractivity contribution in [2.75, 3.05) is 5.73 Å². The highest BCUT2D eigenvalue weighted by Gasteiger charge is 2.27. The van der Waals surface area contributed by atoms with E-state index in [2.05, 4.69) is 22.2 Å². The fourth-order valence-electron chi connectivity index (χ4n) is 4.92. The number of fused-ring (bicyclic) bond motifs is 1. The van der Waals surface area contributed by atoms with E-state index < -0.39 is 10.0 Å². The Kier molecular flexibility index (Phi) is 5.38. The highest BCUT2D eigenvalue weighted by atomic mass is 32.2. The van der Waals surface area contributed by atoms with Crippen molar-refractivity contribution in [3.8, 4) is 17.0 Å². The highest BCUT2D eigenvalue weighted by Crippen LogP contribution is 2.36. The summed E-state index contributed by atoms with van der Waals surface area (Å²) < 4.78 is 30.7. The van der Waals surface area contributed by atoms with Crippen molar-refractivity contribution in [1.82, 2.24) is 14.8 Å². The Bertz CT molecular complexity index is 1250. The first kappa shape index (κ1) is 21.0. The second kappa shape index (κ2) is 8.22. The zero-order valence-electron chi connectivity index (χ0n) is 17.8. The summed E-state index contributed by atoms with van der Waals surface area (Å²) in [4.78, 5) is 4.41. The van der Waals surface area contributed by atoms with Crippen molar-refractivity contribution in [3.05, 3.63) is 53.9 Å². The van der Waals surface area contributed by atoms with E-state index in [1.165, 1.54) is 23.6 Å². The van der Waals surface area contributed by atoms with Crippen molar-refractivity contribution in [2.24, 2.45) is 11.1 Å². The molecular formula is C23H27N5O3S. The minimum Gasteiger partial charge on any atom is -0.474 e. The molecule has 0 saturated heterocycles. The van der Waals surface area contributed by atoms with Crippen LogP contribution in [-0.2, 0) is 29.4 Å². The van der Waals surface area contributed by atoms with Gasteiger partial charge in [-0.05, 0) is 73.3 Å². The molecule has 2 heterocycles. The summed E-state index contributed by atoms with van der Waals surface area (Å²) in [5.74, 6) is 0.951. The molecule has 1 aromatic carbocycles. The zero-order chi connectivity index (χ0) is 22.3. The Hall–Kier alpha value is -2.91. The van der Waals surface area contributed by atoms with Gasteiger partial charge in [-0.15, -0.1) is 0 Å². The van der Waals surface area contributed by atoms with Crippen LogP contribution in [0.1, 0.15) is 36.8 Å². The maximum absolute atomic E-state index is 11.4. The van der Waals surface area contributed by atoms with Crippen molar-refractivity contribution >= 4 is 15.7 Å². The quantitative estimate of drug-likeness (QED) is 0.553. The van der Waals surface area contributed by atoms with Crippen LogP contribution < -0.4 is 15.6 Å². The number of hydrogen-bond acceptors (Lipinski definition) is 6. The first-order valence-electron chi connectivity index (χ1n) is 11.0. The number of rotatable bonds is 6. The lowest BCUT2D eigenvalue weighted by molar-refractivity contribution is 0.193. The predicted octanol–water partition coefficient (Wildman–Crippen LogP) is 2.91. The third kappa shape index (κ3) is 4.22. The van der Waals surface area contributed by atoms with Gasteiger partial charge in [0.05, 0.1) is 0 Å². The second-order valence-corrected chi connectivity index (χ2v) is 10.2. The molecular weight excluding hydrogens is 426 g/mol. The number of nitrogens with zero attached hydrogens (tertiary/aromatic N) is 3. The van der Waals surface area contributed by atoms with Gasteiger partial charge in [-0.1, -0.05) is 12.1 Å². The molecule has 3 aromatic rings. The molecule has 2 aliphatic carbocycles. The molecule has 0 spiro atoms. The van der Waals surface area contributed by atoms with E-state index >= 15 is 0 Å². The molecule has 1 saturated carbocycles. The van der Waals surface area contributed by atoms with Crippen molar-refractivity contribution in [2.45, 2.75) is 56.2 Å². The summed E-state index contributed by atoms with van der Waals surface area (Å²) in [6, 6.07) is 9.65. The van der Waals surface area contributed by atoms with Gasteiger partial charge in [0.25, 0.3) is 10.0 Å². The summed E-state index contributed by atoms with van der Waals surface area (Å²) in [6.07, 6.45) is 9.55. The highest BCUT2D eigenvalue weighted by molar-refractivity contribution is 7.89. The maximum Gasteiger partial charge on any atom is 0.257 e. The Labute approximate surface area is 187 Å².